The van der Waals surface area contributed by atoms with Crippen molar-refractivity contribution in [2.45, 2.75) is 6.04 Å². The van der Waals surface area contributed by atoms with Gasteiger partial charge < -0.3 is 10.4 Å². The number of thiophene rings is 2. The van der Waals surface area contributed by atoms with Crippen molar-refractivity contribution in [2.24, 2.45) is 0 Å². The van der Waals surface area contributed by atoms with Crippen LogP contribution in [0, 0.1) is 0 Å². The van der Waals surface area contributed by atoms with Crippen molar-refractivity contribution in [1.29, 1.82) is 0 Å². The first-order valence-corrected chi connectivity index (χ1v) is 7.90. The minimum Gasteiger partial charge on any atom is -0.479 e. The Morgan fingerprint density at radius 1 is 1.10 bits per heavy atom. The van der Waals surface area contributed by atoms with Crippen molar-refractivity contribution < 1.29 is 14.7 Å². The van der Waals surface area contributed by atoms with Crippen molar-refractivity contribution in [3.8, 4) is 0 Å². The number of carbonyl (C=O) groups excluding carboxylic acids is 1. The van der Waals surface area contributed by atoms with Crippen LogP contribution in [0.1, 0.15) is 21.3 Å². The summed E-state index contributed by atoms with van der Waals surface area (Å²) in [5.74, 6) is -1.44. The number of carbonyl (C=O) groups is 2. The summed E-state index contributed by atoms with van der Waals surface area (Å²) >= 11 is 2.93. The molecule has 1 aromatic carbocycles. The largest absolute Gasteiger partial charge is 0.479 e. The number of amides is 1. The first-order valence-electron chi connectivity index (χ1n) is 6.21. The molecule has 0 bridgehead atoms. The summed E-state index contributed by atoms with van der Waals surface area (Å²) in [5.41, 5.74) is 0.553. The van der Waals surface area contributed by atoms with Crippen molar-refractivity contribution in [3.63, 3.8) is 0 Å². The lowest BCUT2D eigenvalue weighted by molar-refractivity contribution is -0.139. The van der Waals surface area contributed by atoms with E-state index in [1.54, 1.807) is 47.7 Å². The van der Waals surface area contributed by atoms with Gasteiger partial charge in [0.05, 0.1) is 4.88 Å². The SMILES string of the molecule is O=C(N[C@H](C(=O)O)c1ccccc1)c1cc2sccc2s1. The van der Waals surface area contributed by atoms with Crippen LogP contribution in [-0.2, 0) is 4.79 Å². The molecule has 6 heteroatoms. The van der Waals surface area contributed by atoms with E-state index in [0.717, 1.165) is 9.40 Å². The van der Waals surface area contributed by atoms with Crippen LogP contribution in [0.2, 0.25) is 0 Å². The Labute approximate surface area is 128 Å². The van der Waals surface area contributed by atoms with Gasteiger partial charge in [0.1, 0.15) is 0 Å². The number of rotatable bonds is 4. The van der Waals surface area contributed by atoms with Gasteiger partial charge >= 0.3 is 5.97 Å². The molecule has 3 rings (SSSR count). The third-order valence-electron chi connectivity index (χ3n) is 3.02. The molecule has 0 aliphatic heterocycles. The van der Waals surface area contributed by atoms with E-state index in [-0.39, 0.29) is 5.91 Å². The number of aliphatic carboxylic acids is 1. The van der Waals surface area contributed by atoms with Crippen molar-refractivity contribution >= 4 is 43.9 Å². The summed E-state index contributed by atoms with van der Waals surface area (Å²) in [4.78, 5) is 24.1. The van der Waals surface area contributed by atoms with Gasteiger partial charge in [0.15, 0.2) is 6.04 Å². The summed E-state index contributed by atoms with van der Waals surface area (Å²) < 4.78 is 2.08. The number of carboxylic acid groups (broad SMARTS) is 1. The molecular weight excluding hydrogens is 306 g/mol. The second-order valence-corrected chi connectivity index (χ2v) is 6.45. The Morgan fingerprint density at radius 3 is 2.52 bits per heavy atom. The second-order valence-electron chi connectivity index (χ2n) is 4.42. The van der Waals surface area contributed by atoms with Crippen LogP contribution in [0.3, 0.4) is 0 Å². The molecule has 3 aromatic rings. The van der Waals surface area contributed by atoms with Crippen LogP contribution < -0.4 is 5.32 Å². The molecule has 0 aliphatic rings. The zero-order chi connectivity index (χ0) is 14.8. The summed E-state index contributed by atoms with van der Waals surface area (Å²) in [6, 6.07) is 11.4. The third kappa shape index (κ3) is 2.81. The zero-order valence-electron chi connectivity index (χ0n) is 10.8. The highest BCUT2D eigenvalue weighted by atomic mass is 32.1. The predicted molar refractivity (Wildman–Crippen MR) is 84.0 cm³/mol. The third-order valence-corrected chi connectivity index (χ3v) is 5.11. The van der Waals surface area contributed by atoms with Gasteiger partial charge in [-0.3, -0.25) is 4.79 Å². The molecule has 1 atom stereocenters. The number of hydrogen-bond donors (Lipinski definition) is 2. The van der Waals surface area contributed by atoms with Gasteiger partial charge in [0.25, 0.3) is 5.91 Å². The van der Waals surface area contributed by atoms with Gasteiger partial charge in [-0.05, 0) is 23.1 Å². The number of nitrogens with one attached hydrogen (secondary N) is 1. The number of hydrogen-bond acceptors (Lipinski definition) is 4. The van der Waals surface area contributed by atoms with Crippen LogP contribution in [0.15, 0.2) is 47.8 Å². The molecule has 0 saturated carbocycles. The molecule has 21 heavy (non-hydrogen) atoms. The van der Waals surface area contributed by atoms with Crippen LogP contribution in [0.25, 0.3) is 9.40 Å². The fraction of sp³-hybridized carbons (Fsp3) is 0.0667. The number of carboxylic acids is 1. The summed E-state index contributed by atoms with van der Waals surface area (Å²) in [6.07, 6.45) is 0. The Hall–Kier alpha value is -2.18. The first kappa shape index (κ1) is 13.8. The monoisotopic (exact) mass is 317 g/mol. The molecule has 0 unspecified atom stereocenters. The Bertz CT molecular complexity index is 763. The highest BCUT2D eigenvalue weighted by Gasteiger charge is 2.23. The smallest absolute Gasteiger partial charge is 0.330 e. The van der Waals surface area contributed by atoms with E-state index in [2.05, 4.69) is 5.32 Å². The highest BCUT2D eigenvalue weighted by Crippen LogP contribution is 2.30. The van der Waals surface area contributed by atoms with E-state index in [4.69, 9.17) is 0 Å². The van der Waals surface area contributed by atoms with Crippen LogP contribution in [0.4, 0.5) is 0 Å². The van der Waals surface area contributed by atoms with Gasteiger partial charge in [0, 0.05) is 9.40 Å². The number of fused-ring (bicyclic) bond motifs is 1. The molecule has 1 amide bonds. The van der Waals surface area contributed by atoms with Crippen molar-refractivity contribution in [3.05, 3.63) is 58.3 Å². The van der Waals surface area contributed by atoms with E-state index >= 15 is 0 Å². The van der Waals surface area contributed by atoms with Gasteiger partial charge in [-0.2, -0.15) is 0 Å². The molecule has 0 spiro atoms. The molecule has 0 fully saturated rings. The molecular formula is C15H11NO3S2. The minimum atomic E-state index is -1.08. The van der Waals surface area contributed by atoms with E-state index in [1.165, 1.54) is 11.3 Å². The van der Waals surface area contributed by atoms with E-state index < -0.39 is 12.0 Å². The van der Waals surface area contributed by atoms with E-state index in [9.17, 15) is 14.7 Å². The standard InChI is InChI=1S/C15H11NO3S2/c17-14(12-8-11-10(21-12)6-7-20-11)16-13(15(18)19)9-4-2-1-3-5-9/h1-8,13H,(H,16,17)(H,18,19)/t13-/m0/s1. The maximum atomic E-state index is 12.2. The molecule has 4 nitrogen and oxygen atoms in total. The molecule has 0 saturated heterocycles. The molecule has 2 N–H and O–H groups in total. The summed E-state index contributed by atoms with van der Waals surface area (Å²) in [5, 5.41) is 13.9. The van der Waals surface area contributed by atoms with E-state index in [1.807, 2.05) is 11.4 Å². The topological polar surface area (TPSA) is 66.4 Å². The maximum absolute atomic E-state index is 12.2. The molecule has 0 aliphatic carbocycles. The maximum Gasteiger partial charge on any atom is 0.330 e. The van der Waals surface area contributed by atoms with Crippen LogP contribution in [-0.4, -0.2) is 17.0 Å². The average Bonchev–Trinajstić information content (AvgIpc) is 3.06. The fourth-order valence-electron chi connectivity index (χ4n) is 2.01. The second kappa shape index (κ2) is 5.67. The molecule has 0 radical (unpaired) electrons. The Morgan fingerprint density at radius 2 is 1.86 bits per heavy atom. The quantitative estimate of drug-likeness (QED) is 0.774. The van der Waals surface area contributed by atoms with E-state index in [0.29, 0.717) is 10.4 Å². The predicted octanol–water partition coefficient (Wildman–Crippen LogP) is 3.52. The summed E-state index contributed by atoms with van der Waals surface area (Å²) in [7, 11) is 0. The van der Waals surface area contributed by atoms with Crippen molar-refractivity contribution in [2.75, 3.05) is 0 Å². The van der Waals surface area contributed by atoms with Crippen LogP contribution in [0.5, 0.6) is 0 Å². The zero-order valence-corrected chi connectivity index (χ0v) is 12.4. The lowest BCUT2D eigenvalue weighted by atomic mass is 10.1. The summed E-state index contributed by atoms with van der Waals surface area (Å²) in [6.45, 7) is 0. The highest BCUT2D eigenvalue weighted by molar-refractivity contribution is 7.27. The Balaban J connectivity index is 1.84. The molecule has 2 aromatic heterocycles. The molecule has 2 heterocycles. The fourth-order valence-corrected chi connectivity index (χ4v) is 4.02. The minimum absolute atomic E-state index is 0.361. The normalized spacial score (nSPS) is 12.2. The van der Waals surface area contributed by atoms with Crippen molar-refractivity contribution in [1.82, 2.24) is 5.32 Å². The lowest BCUT2D eigenvalue weighted by Crippen LogP contribution is -2.33. The number of benzene rings is 1. The van der Waals surface area contributed by atoms with Gasteiger partial charge in [-0.25, -0.2) is 4.79 Å². The van der Waals surface area contributed by atoms with Gasteiger partial charge in [0.2, 0.25) is 0 Å². The van der Waals surface area contributed by atoms with Gasteiger partial charge in [-0.1, -0.05) is 30.3 Å². The lowest BCUT2D eigenvalue weighted by Gasteiger charge is -2.14. The Kier molecular flexibility index (Phi) is 3.72. The first-order chi connectivity index (χ1) is 10.1. The molecule has 106 valence electrons. The average molecular weight is 317 g/mol. The van der Waals surface area contributed by atoms with Gasteiger partial charge in [-0.15, -0.1) is 22.7 Å². The van der Waals surface area contributed by atoms with Crippen LogP contribution >= 0.6 is 22.7 Å².